The number of halogens is 1. The van der Waals surface area contributed by atoms with Crippen molar-refractivity contribution in [3.8, 4) is 0 Å². The summed E-state index contributed by atoms with van der Waals surface area (Å²) >= 11 is 6.84. The summed E-state index contributed by atoms with van der Waals surface area (Å²) in [5, 5.41) is 13.9. The minimum absolute atomic E-state index is 0.0677. The molecule has 1 aromatic carbocycles. The SMILES string of the molecule is O=C(Nc1cccc(Cl)c1)c1nnc(C(=O)N2CCCC(C(=O)NCc3ccco3)C2)s1. The average molecular weight is 474 g/mol. The summed E-state index contributed by atoms with van der Waals surface area (Å²) in [6.07, 6.45) is 2.94. The predicted molar refractivity (Wildman–Crippen MR) is 118 cm³/mol. The number of furan rings is 1. The Morgan fingerprint density at radius 1 is 1.19 bits per heavy atom. The Morgan fingerprint density at radius 3 is 2.81 bits per heavy atom. The van der Waals surface area contributed by atoms with Crippen LogP contribution in [0.3, 0.4) is 0 Å². The molecule has 4 rings (SSSR count). The van der Waals surface area contributed by atoms with Crippen LogP contribution in [0.15, 0.2) is 47.1 Å². The first kappa shape index (κ1) is 22.0. The van der Waals surface area contributed by atoms with Gasteiger partial charge >= 0.3 is 0 Å². The van der Waals surface area contributed by atoms with Crippen molar-refractivity contribution in [1.29, 1.82) is 0 Å². The van der Waals surface area contributed by atoms with Crippen molar-refractivity contribution < 1.29 is 18.8 Å². The largest absolute Gasteiger partial charge is 0.467 e. The molecular weight excluding hydrogens is 454 g/mol. The van der Waals surface area contributed by atoms with Gasteiger partial charge in [0.2, 0.25) is 15.9 Å². The minimum atomic E-state index is -0.474. The first-order valence-electron chi connectivity index (χ1n) is 9.99. The number of piperidine rings is 1. The number of nitrogens with one attached hydrogen (secondary N) is 2. The topological polar surface area (TPSA) is 117 Å². The third-order valence-corrected chi connectivity index (χ3v) is 6.13. The number of nitrogens with zero attached hydrogens (tertiary/aromatic N) is 3. The van der Waals surface area contributed by atoms with Crippen LogP contribution in [0.1, 0.15) is 38.2 Å². The average Bonchev–Trinajstić information content (AvgIpc) is 3.49. The van der Waals surface area contributed by atoms with E-state index < -0.39 is 5.91 Å². The van der Waals surface area contributed by atoms with Crippen LogP contribution in [-0.2, 0) is 11.3 Å². The van der Waals surface area contributed by atoms with Crippen molar-refractivity contribution in [1.82, 2.24) is 20.4 Å². The highest BCUT2D eigenvalue weighted by Crippen LogP contribution is 2.22. The molecule has 3 heterocycles. The van der Waals surface area contributed by atoms with Gasteiger partial charge in [0.1, 0.15) is 5.76 Å². The van der Waals surface area contributed by atoms with Gasteiger partial charge in [-0.25, -0.2) is 0 Å². The molecule has 0 saturated carbocycles. The third kappa shape index (κ3) is 5.32. The lowest BCUT2D eigenvalue weighted by molar-refractivity contribution is -0.126. The van der Waals surface area contributed by atoms with Crippen LogP contribution < -0.4 is 10.6 Å². The molecule has 3 amide bonds. The molecule has 2 N–H and O–H groups in total. The second-order valence-corrected chi connectivity index (χ2v) is 8.68. The Bertz CT molecular complexity index is 1120. The number of rotatable bonds is 6. The fourth-order valence-electron chi connectivity index (χ4n) is 3.39. The van der Waals surface area contributed by atoms with E-state index in [4.69, 9.17) is 16.0 Å². The molecule has 1 aliphatic heterocycles. The Hall–Kier alpha value is -3.24. The summed E-state index contributed by atoms with van der Waals surface area (Å²) in [5.74, 6) is -0.594. The van der Waals surface area contributed by atoms with Crippen LogP contribution in [0.2, 0.25) is 5.02 Å². The fraction of sp³-hybridized carbons (Fsp3) is 0.286. The second-order valence-electron chi connectivity index (χ2n) is 7.26. The second kappa shape index (κ2) is 9.92. The van der Waals surface area contributed by atoms with Crippen LogP contribution in [-0.4, -0.2) is 45.9 Å². The van der Waals surface area contributed by atoms with Gasteiger partial charge in [-0.15, -0.1) is 10.2 Å². The molecule has 166 valence electrons. The number of aromatic nitrogens is 2. The summed E-state index contributed by atoms with van der Waals surface area (Å²) in [7, 11) is 0. The van der Waals surface area contributed by atoms with Crippen molar-refractivity contribution in [3.05, 3.63) is 63.5 Å². The normalized spacial score (nSPS) is 15.9. The van der Waals surface area contributed by atoms with E-state index in [1.54, 1.807) is 47.6 Å². The van der Waals surface area contributed by atoms with Crippen LogP contribution in [0, 0.1) is 5.92 Å². The Morgan fingerprint density at radius 2 is 2.03 bits per heavy atom. The zero-order valence-electron chi connectivity index (χ0n) is 16.9. The molecule has 1 fully saturated rings. The van der Waals surface area contributed by atoms with Gasteiger partial charge in [-0.1, -0.05) is 29.0 Å². The number of hydrogen-bond acceptors (Lipinski definition) is 7. The molecule has 3 aromatic rings. The highest BCUT2D eigenvalue weighted by Gasteiger charge is 2.31. The lowest BCUT2D eigenvalue weighted by atomic mass is 9.97. The summed E-state index contributed by atoms with van der Waals surface area (Å²) < 4.78 is 5.22. The smallest absolute Gasteiger partial charge is 0.286 e. The molecule has 11 heteroatoms. The van der Waals surface area contributed by atoms with Crippen LogP contribution in [0.25, 0.3) is 0 Å². The molecule has 2 aromatic heterocycles. The molecule has 0 spiro atoms. The van der Waals surface area contributed by atoms with E-state index in [0.29, 0.717) is 42.4 Å². The number of hydrogen-bond donors (Lipinski definition) is 2. The van der Waals surface area contributed by atoms with Crippen molar-refractivity contribution in [2.24, 2.45) is 5.92 Å². The standard InChI is InChI=1S/C21H20ClN5O4S/c22-14-5-1-6-15(10-14)24-18(29)19-25-26-20(32-19)21(30)27-8-2-4-13(12-27)17(28)23-11-16-7-3-9-31-16/h1,3,5-7,9-10,13H,2,4,8,11-12H2,(H,23,28)(H,24,29). The van der Waals surface area contributed by atoms with Crippen LogP contribution in [0.4, 0.5) is 5.69 Å². The summed E-state index contributed by atoms with van der Waals surface area (Å²) in [6.45, 7) is 1.11. The summed E-state index contributed by atoms with van der Waals surface area (Å²) in [4.78, 5) is 39.4. The molecule has 32 heavy (non-hydrogen) atoms. The summed E-state index contributed by atoms with van der Waals surface area (Å²) in [6, 6.07) is 10.3. The lowest BCUT2D eigenvalue weighted by Gasteiger charge is -2.31. The van der Waals surface area contributed by atoms with E-state index in [2.05, 4.69) is 20.8 Å². The zero-order valence-corrected chi connectivity index (χ0v) is 18.5. The van der Waals surface area contributed by atoms with Gasteiger partial charge in [-0.05, 0) is 43.2 Å². The molecule has 0 bridgehead atoms. The maximum atomic E-state index is 12.9. The highest BCUT2D eigenvalue weighted by molar-refractivity contribution is 7.15. The van der Waals surface area contributed by atoms with E-state index in [-0.39, 0.29) is 34.3 Å². The number of carbonyl (C=O) groups is 3. The van der Waals surface area contributed by atoms with Gasteiger partial charge in [0.15, 0.2) is 0 Å². The number of carbonyl (C=O) groups excluding carboxylic acids is 3. The van der Waals surface area contributed by atoms with Crippen molar-refractivity contribution >= 4 is 46.3 Å². The van der Waals surface area contributed by atoms with Gasteiger partial charge in [0.05, 0.1) is 18.7 Å². The molecule has 9 nitrogen and oxygen atoms in total. The molecule has 1 atom stereocenters. The maximum absolute atomic E-state index is 12.9. The number of likely N-dealkylation sites (tertiary alicyclic amines) is 1. The Balaban J connectivity index is 1.35. The molecule has 0 aliphatic carbocycles. The van der Waals surface area contributed by atoms with E-state index in [1.165, 1.54) is 0 Å². The maximum Gasteiger partial charge on any atom is 0.286 e. The number of amides is 3. The van der Waals surface area contributed by atoms with Gasteiger partial charge < -0.3 is 20.0 Å². The lowest BCUT2D eigenvalue weighted by Crippen LogP contribution is -2.45. The molecule has 0 radical (unpaired) electrons. The van der Waals surface area contributed by atoms with Gasteiger partial charge in [0, 0.05) is 23.8 Å². The number of anilines is 1. The Kier molecular flexibility index (Phi) is 6.81. The van der Waals surface area contributed by atoms with Gasteiger partial charge in [-0.2, -0.15) is 0 Å². The van der Waals surface area contributed by atoms with Crippen LogP contribution >= 0.6 is 22.9 Å². The van der Waals surface area contributed by atoms with E-state index in [1.807, 2.05) is 0 Å². The van der Waals surface area contributed by atoms with Gasteiger partial charge in [-0.3, -0.25) is 14.4 Å². The van der Waals surface area contributed by atoms with Crippen molar-refractivity contribution in [3.63, 3.8) is 0 Å². The zero-order chi connectivity index (χ0) is 22.5. The molecular formula is C21H20ClN5O4S. The first-order chi connectivity index (χ1) is 15.5. The first-order valence-corrected chi connectivity index (χ1v) is 11.2. The monoisotopic (exact) mass is 473 g/mol. The molecule has 1 saturated heterocycles. The fourth-order valence-corrected chi connectivity index (χ4v) is 4.29. The highest BCUT2D eigenvalue weighted by atomic mass is 35.5. The Labute approximate surface area is 192 Å². The van der Waals surface area contributed by atoms with E-state index in [0.717, 1.165) is 11.3 Å². The van der Waals surface area contributed by atoms with Crippen molar-refractivity contribution in [2.75, 3.05) is 18.4 Å². The van der Waals surface area contributed by atoms with Gasteiger partial charge in [0.25, 0.3) is 11.8 Å². The van der Waals surface area contributed by atoms with E-state index >= 15 is 0 Å². The summed E-state index contributed by atoms with van der Waals surface area (Å²) in [5.41, 5.74) is 0.519. The van der Waals surface area contributed by atoms with Crippen LogP contribution in [0.5, 0.6) is 0 Å². The van der Waals surface area contributed by atoms with E-state index in [9.17, 15) is 14.4 Å². The third-order valence-electron chi connectivity index (χ3n) is 4.98. The quantitative estimate of drug-likeness (QED) is 0.567. The molecule has 1 unspecified atom stereocenters. The molecule has 1 aliphatic rings. The number of benzene rings is 1. The van der Waals surface area contributed by atoms with Crippen molar-refractivity contribution in [2.45, 2.75) is 19.4 Å². The minimum Gasteiger partial charge on any atom is -0.467 e. The predicted octanol–water partition coefficient (Wildman–Crippen LogP) is 3.21.